The van der Waals surface area contributed by atoms with E-state index in [0.717, 1.165) is 5.92 Å². The summed E-state index contributed by atoms with van der Waals surface area (Å²) in [5.74, 6) is 0.898. The van der Waals surface area contributed by atoms with Crippen LogP contribution >= 0.6 is 0 Å². The Hall–Kier alpha value is -0.0400. The van der Waals surface area contributed by atoms with Gasteiger partial charge < -0.3 is 5.73 Å². The molecule has 0 aliphatic heterocycles. The van der Waals surface area contributed by atoms with Gasteiger partial charge in [0.15, 0.2) is 0 Å². The zero-order valence-electron chi connectivity index (χ0n) is 9.80. The average molecular weight is 197 g/mol. The number of hydrogen-bond donors (Lipinski definition) is 1. The van der Waals surface area contributed by atoms with E-state index in [1.807, 2.05) is 0 Å². The molecule has 1 atom stereocenters. The smallest absolute Gasteiger partial charge is 0.00671 e. The van der Waals surface area contributed by atoms with Gasteiger partial charge in [-0.2, -0.15) is 0 Å². The van der Waals surface area contributed by atoms with Gasteiger partial charge in [0.25, 0.3) is 0 Å². The quantitative estimate of drug-likeness (QED) is 0.558. The summed E-state index contributed by atoms with van der Waals surface area (Å²) < 4.78 is 0. The highest BCUT2D eigenvalue weighted by molar-refractivity contribution is 4.83. The van der Waals surface area contributed by atoms with Gasteiger partial charge in [0.1, 0.15) is 0 Å². The zero-order chi connectivity index (χ0) is 10.2. The zero-order valence-corrected chi connectivity index (χ0v) is 9.80. The lowest BCUT2D eigenvalue weighted by Crippen LogP contribution is -2.21. The fourth-order valence-electron chi connectivity index (χ4n) is 2.10. The van der Waals surface area contributed by atoms with E-state index >= 15 is 0 Å². The minimum Gasteiger partial charge on any atom is -0.327 e. The Morgan fingerprint density at radius 3 is 2.14 bits per heavy atom. The van der Waals surface area contributed by atoms with Crippen LogP contribution in [0.25, 0.3) is 0 Å². The van der Waals surface area contributed by atoms with Crippen LogP contribution in [0, 0.1) is 5.92 Å². The van der Waals surface area contributed by atoms with E-state index in [2.05, 4.69) is 6.92 Å². The van der Waals surface area contributed by atoms with Gasteiger partial charge in [0.05, 0.1) is 0 Å². The second-order valence-electron chi connectivity index (χ2n) is 4.91. The van der Waals surface area contributed by atoms with Gasteiger partial charge in [-0.05, 0) is 25.2 Å². The van der Waals surface area contributed by atoms with Crippen molar-refractivity contribution in [2.45, 2.75) is 77.2 Å². The lowest BCUT2D eigenvalue weighted by atomic mass is 10.0. The van der Waals surface area contributed by atoms with Crippen molar-refractivity contribution >= 4 is 0 Å². The first kappa shape index (κ1) is 12.0. The number of unbranched alkanes of at least 4 members (excludes halogenated alkanes) is 6. The van der Waals surface area contributed by atoms with Crippen LogP contribution in [-0.4, -0.2) is 6.04 Å². The average Bonchev–Trinajstić information content (AvgIpc) is 2.99. The molecule has 1 saturated carbocycles. The summed E-state index contributed by atoms with van der Waals surface area (Å²) in [6.07, 6.45) is 13.9. The molecule has 0 heterocycles. The van der Waals surface area contributed by atoms with Crippen molar-refractivity contribution in [3.8, 4) is 0 Å². The second kappa shape index (κ2) is 7.28. The molecular weight excluding hydrogens is 170 g/mol. The van der Waals surface area contributed by atoms with E-state index in [9.17, 15) is 0 Å². The predicted molar refractivity (Wildman–Crippen MR) is 63.3 cm³/mol. The van der Waals surface area contributed by atoms with Gasteiger partial charge in [-0.3, -0.25) is 0 Å². The highest BCUT2D eigenvalue weighted by Gasteiger charge is 2.27. The topological polar surface area (TPSA) is 26.0 Å². The molecule has 2 N–H and O–H groups in total. The standard InChI is InChI=1S/C13H27N/c1-2-3-4-5-6-7-8-9-13(14)12-10-11-12/h12-13H,2-11,14H2,1H3. The fraction of sp³-hybridized carbons (Fsp3) is 1.00. The van der Waals surface area contributed by atoms with Crippen molar-refractivity contribution in [1.82, 2.24) is 0 Å². The van der Waals surface area contributed by atoms with Crippen LogP contribution in [0.4, 0.5) is 0 Å². The van der Waals surface area contributed by atoms with Crippen molar-refractivity contribution in [2.24, 2.45) is 11.7 Å². The molecule has 0 radical (unpaired) electrons. The number of hydrogen-bond acceptors (Lipinski definition) is 1. The van der Waals surface area contributed by atoms with E-state index in [1.54, 1.807) is 0 Å². The third-order valence-electron chi connectivity index (χ3n) is 3.37. The summed E-state index contributed by atoms with van der Waals surface area (Å²) in [4.78, 5) is 0. The molecule has 1 unspecified atom stereocenters. The van der Waals surface area contributed by atoms with Crippen molar-refractivity contribution in [3.05, 3.63) is 0 Å². The first-order chi connectivity index (χ1) is 6.84. The Labute approximate surface area is 89.5 Å². The van der Waals surface area contributed by atoms with Crippen LogP contribution < -0.4 is 5.73 Å². The molecule has 0 saturated heterocycles. The Morgan fingerprint density at radius 1 is 1.00 bits per heavy atom. The molecule has 0 spiro atoms. The molecule has 84 valence electrons. The van der Waals surface area contributed by atoms with E-state index in [4.69, 9.17) is 5.73 Å². The van der Waals surface area contributed by atoms with Crippen molar-refractivity contribution in [1.29, 1.82) is 0 Å². The summed E-state index contributed by atoms with van der Waals surface area (Å²) in [5, 5.41) is 0. The predicted octanol–water partition coefficient (Wildman–Crippen LogP) is 3.86. The molecule has 1 rings (SSSR count). The minimum absolute atomic E-state index is 0.533. The molecule has 0 amide bonds. The maximum atomic E-state index is 6.04. The van der Waals surface area contributed by atoms with E-state index < -0.39 is 0 Å². The van der Waals surface area contributed by atoms with Gasteiger partial charge in [-0.15, -0.1) is 0 Å². The van der Waals surface area contributed by atoms with Crippen molar-refractivity contribution < 1.29 is 0 Å². The summed E-state index contributed by atoms with van der Waals surface area (Å²) in [7, 11) is 0. The summed E-state index contributed by atoms with van der Waals surface area (Å²) >= 11 is 0. The Morgan fingerprint density at radius 2 is 1.57 bits per heavy atom. The van der Waals surface area contributed by atoms with E-state index in [-0.39, 0.29) is 0 Å². The van der Waals surface area contributed by atoms with Gasteiger partial charge in [-0.25, -0.2) is 0 Å². The first-order valence-corrected chi connectivity index (χ1v) is 6.60. The third kappa shape index (κ3) is 5.64. The Kier molecular flexibility index (Phi) is 6.25. The fourth-order valence-corrected chi connectivity index (χ4v) is 2.10. The van der Waals surface area contributed by atoms with Crippen molar-refractivity contribution in [3.63, 3.8) is 0 Å². The molecule has 0 aromatic carbocycles. The molecule has 0 bridgehead atoms. The molecular formula is C13H27N. The molecule has 14 heavy (non-hydrogen) atoms. The molecule has 0 aromatic heterocycles. The van der Waals surface area contributed by atoms with Gasteiger partial charge in [0.2, 0.25) is 0 Å². The second-order valence-corrected chi connectivity index (χ2v) is 4.91. The maximum Gasteiger partial charge on any atom is 0.00671 e. The number of rotatable bonds is 9. The number of nitrogens with two attached hydrogens (primary N) is 1. The maximum absolute atomic E-state index is 6.04. The van der Waals surface area contributed by atoms with Crippen LogP contribution in [0.2, 0.25) is 0 Å². The molecule has 1 nitrogen and oxygen atoms in total. The molecule has 1 aliphatic carbocycles. The van der Waals surface area contributed by atoms with Gasteiger partial charge in [-0.1, -0.05) is 51.9 Å². The Bertz CT molecular complexity index is 129. The monoisotopic (exact) mass is 197 g/mol. The minimum atomic E-state index is 0.533. The van der Waals surface area contributed by atoms with Gasteiger partial charge >= 0.3 is 0 Å². The lowest BCUT2D eigenvalue weighted by molar-refractivity contribution is 0.497. The molecule has 0 aromatic rings. The van der Waals surface area contributed by atoms with Crippen LogP contribution in [0.1, 0.15) is 71.1 Å². The lowest BCUT2D eigenvalue weighted by Gasteiger charge is -2.09. The van der Waals surface area contributed by atoms with E-state index in [0.29, 0.717) is 6.04 Å². The molecule has 1 aliphatic rings. The van der Waals surface area contributed by atoms with Crippen molar-refractivity contribution in [2.75, 3.05) is 0 Å². The first-order valence-electron chi connectivity index (χ1n) is 6.60. The summed E-state index contributed by atoms with van der Waals surface area (Å²) in [6.45, 7) is 2.27. The van der Waals surface area contributed by atoms with Crippen LogP contribution in [-0.2, 0) is 0 Å². The normalized spacial score (nSPS) is 18.4. The summed E-state index contributed by atoms with van der Waals surface area (Å²) in [5.41, 5.74) is 6.04. The largest absolute Gasteiger partial charge is 0.327 e. The van der Waals surface area contributed by atoms with Crippen LogP contribution in [0.15, 0.2) is 0 Å². The molecule has 1 heteroatoms. The van der Waals surface area contributed by atoms with E-state index in [1.165, 1.54) is 64.2 Å². The van der Waals surface area contributed by atoms with Crippen LogP contribution in [0.5, 0.6) is 0 Å². The highest BCUT2D eigenvalue weighted by Crippen LogP contribution is 2.33. The van der Waals surface area contributed by atoms with Gasteiger partial charge in [0, 0.05) is 6.04 Å². The SMILES string of the molecule is CCCCCCCCCC(N)C1CC1. The van der Waals surface area contributed by atoms with Crippen LogP contribution in [0.3, 0.4) is 0 Å². The third-order valence-corrected chi connectivity index (χ3v) is 3.37. The highest BCUT2D eigenvalue weighted by atomic mass is 14.7. The Balaban J connectivity index is 1.75. The summed E-state index contributed by atoms with van der Waals surface area (Å²) in [6, 6.07) is 0.533. The molecule has 1 fully saturated rings.